The molecule has 2 aliphatic heterocycles. The van der Waals surface area contributed by atoms with E-state index in [4.69, 9.17) is 5.73 Å². The second-order valence-electron chi connectivity index (χ2n) is 5.36. The highest BCUT2D eigenvalue weighted by Gasteiger charge is 2.15. The first-order valence-corrected chi connectivity index (χ1v) is 8.26. The summed E-state index contributed by atoms with van der Waals surface area (Å²) in [6.45, 7) is 8.85. The summed E-state index contributed by atoms with van der Waals surface area (Å²) in [5.41, 5.74) is 6.03. The summed E-state index contributed by atoms with van der Waals surface area (Å²) in [5, 5.41) is 0. The number of thioether (sulfide) groups is 1. The lowest BCUT2D eigenvalue weighted by molar-refractivity contribution is 0.197. The van der Waals surface area contributed by atoms with E-state index in [2.05, 4.69) is 21.7 Å². The average molecular weight is 398 g/mol. The van der Waals surface area contributed by atoms with Crippen LogP contribution in [0.25, 0.3) is 0 Å². The topological polar surface area (TPSA) is 44.9 Å². The van der Waals surface area contributed by atoms with E-state index in [-0.39, 0.29) is 24.0 Å². The maximum absolute atomic E-state index is 6.03. The third kappa shape index (κ3) is 6.08. The Kier molecular flexibility index (Phi) is 8.48. The van der Waals surface area contributed by atoms with Gasteiger partial charge in [0.05, 0.1) is 6.54 Å². The van der Waals surface area contributed by atoms with Gasteiger partial charge in [-0.15, -0.1) is 24.0 Å². The highest BCUT2D eigenvalue weighted by atomic mass is 127. The number of nitrogens with two attached hydrogens (primary N) is 1. The van der Waals surface area contributed by atoms with Gasteiger partial charge >= 0.3 is 0 Å². The summed E-state index contributed by atoms with van der Waals surface area (Å²) in [5.74, 6) is 4.02. The van der Waals surface area contributed by atoms with Gasteiger partial charge in [-0.3, -0.25) is 4.99 Å². The molecule has 0 aliphatic carbocycles. The lowest BCUT2D eigenvalue weighted by atomic mass is 9.99. The first-order chi connectivity index (χ1) is 8.75. The molecule has 2 saturated heterocycles. The molecule has 0 spiro atoms. The average Bonchev–Trinajstić information content (AvgIpc) is 2.42. The zero-order valence-corrected chi connectivity index (χ0v) is 15.0. The van der Waals surface area contributed by atoms with Crippen molar-refractivity contribution in [2.75, 3.05) is 50.8 Å². The van der Waals surface area contributed by atoms with E-state index in [1.54, 1.807) is 0 Å². The van der Waals surface area contributed by atoms with E-state index in [1.807, 2.05) is 11.8 Å². The Morgan fingerprint density at radius 3 is 2.47 bits per heavy atom. The second-order valence-corrected chi connectivity index (χ2v) is 6.59. The minimum absolute atomic E-state index is 0. The summed E-state index contributed by atoms with van der Waals surface area (Å²) in [6, 6.07) is 0. The number of piperidine rings is 1. The van der Waals surface area contributed by atoms with Crippen LogP contribution >= 0.6 is 35.7 Å². The van der Waals surface area contributed by atoms with Crippen LogP contribution in [-0.4, -0.2) is 66.5 Å². The van der Waals surface area contributed by atoms with Crippen LogP contribution in [-0.2, 0) is 0 Å². The van der Waals surface area contributed by atoms with Gasteiger partial charge in [-0.25, -0.2) is 0 Å². The van der Waals surface area contributed by atoms with Crippen molar-refractivity contribution in [1.29, 1.82) is 0 Å². The Labute approximate surface area is 138 Å². The Balaban J connectivity index is 0.00000180. The van der Waals surface area contributed by atoms with Crippen molar-refractivity contribution >= 4 is 41.7 Å². The van der Waals surface area contributed by atoms with Crippen molar-refractivity contribution in [1.82, 2.24) is 9.80 Å². The lowest BCUT2D eigenvalue weighted by Crippen LogP contribution is -2.43. The molecule has 0 aromatic heterocycles. The molecule has 0 amide bonds. The van der Waals surface area contributed by atoms with E-state index < -0.39 is 0 Å². The van der Waals surface area contributed by atoms with Crippen LogP contribution < -0.4 is 5.73 Å². The minimum Gasteiger partial charge on any atom is -0.370 e. The van der Waals surface area contributed by atoms with E-state index in [0.717, 1.165) is 38.1 Å². The van der Waals surface area contributed by atoms with Gasteiger partial charge in [-0.1, -0.05) is 6.92 Å². The summed E-state index contributed by atoms with van der Waals surface area (Å²) in [4.78, 5) is 9.26. The van der Waals surface area contributed by atoms with Crippen molar-refractivity contribution in [3.05, 3.63) is 0 Å². The number of likely N-dealkylation sites (tertiary alicyclic amines) is 1. The predicted molar refractivity (Wildman–Crippen MR) is 95.6 cm³/mol. The molecule has 0 radical (unpaired) electrons. The van der Waals surface area contributed by atoms with Gasteiger partial charge in [-0.05, 0) is 31.8 Å². The fraction of sp³-hybridized carbons (Fsp3) is 0.923. The monoisotopic (exact) mass is 398 g/mol. The van der Waals surface area contributed by atoms with E-state index in [0.29, 0.717) is 0 Å². The van der Waals surface area contributed by atoms with Crippen LogP contribution in [0.4, 0.5) is 0 Å². The fourth-order valence-corrected chi connectivity index (χ4v) is 3.39. The van der Waals surface area contributed by atoms with Gasteiger partial charge < -0.3 is 15.5 Å². The number of nitrogens with zero attached hydrogens (tertiary/aromatic N) is 3. The Morgan fingerprint density at radius 2 is 1.84 bits per heavy atom. The number of guanidine groups is 1. The first kappa shape index (κ1) is 17.4. The number of halogens is 1. The molecular formula is C13H27IN4S. The predicted octanol–water partition coefficient (Wildman–Crippen LogP) is 1.70. The molecule has 2 aliphatic rings. The highest BCUT2D eigenvalue weighted by Crippen LogP contribution is 2.15. The SMILES string of the molecule is CC1CCN(CCN=C(N)N2CCSCC2)CC1.I. The molecule has 6 heteroatoms. The van der Waals surface area contributed by atoms with Gasteiger partial charge in [0.25, 0.3) is 0 Å². The standard InChI is InChI=1S/C13H26N4S.HI/c1-12-2-5-16(6-3-12)7-4-15-13(14)17-8-10-18-11-9-17;/h12H,2-11H2,1H3,(H2,14,15);1H. The molecule has 2 rings (SSSR count). The van der Waals surface area contributed by atoms with Crippen LogP contribution in [0.3, 0.4) is 0 Å². The van der Waals surface area contributed by atoms with Crippen molar-refractivity contribution in [2.45, 2.75) is 19.8 Å². The molecule has 2 heterocycles. The van der Waals surface area contributed by atoms with E-state index >= 15 is 0 Å². The summed E-state index contributed by atoms with van der Waals surface area (Å²) >= 11 is 2.00. The van der Waals surface area contributed by atoms with Crippen LogP contribution in [0.5, 0.6) is 0 Å². The van der Waals surface area contributed by atoms with Crippen LogP contribution in [0.2, 0.25) is 0 Å². The van der Waals surface area contributed by atoms with Gasteiger partial charge in [0.2, 0.25) is 0 Å². The highest BCUT2D eigenvalue weighted by molar-refractivity contribution is 14.0. The van der Waals surface area contributed by atoms with Crippen molar-refractivity contribution < 1.29 is 0 Å². The number of hydrogen-bond donors (Lipinski definition) is 1. The number of rotatable bonds is 3. The summed E-state index contributed by atoms with van der Waals surface area (Å²) < 4.78 is 0. The Morgan fingerprint density at radius 1 is 1.21 bits per heavy atom. The van der Waals surface area contributed by atoms with Crippen LogP contribution in [0, 0.1) is 5.92 Å². The molecule has 112 valence electrons. The fourth-order valence-electron chi connectivity index (χ4n) is 2.48. The van der Waals surface area contributed by atoms with Gasteiger partial charge in [0, 0.05) is 31.1 Å². The molecule has 0 saturated carbocycles. The smallest absolute Gasteiger partial charge is 0.191 e. The Hall–Kier alpha value is 0.310. The molecule has 2 fully saturated rings. The molecule has 0 aromatic rings. The third-order valence-corrected chi connectivity index (χ3v) is 4.84. The molecule has 4 nitrogen and oxygen atoms in total. The lowest BCUT2D eigenvalue weighted by Gasteiger charge is -2.30. The normalized spacial score (nSPS) is 23.2. The van der Waals surface area contributed by atoms with Crippen molar-refractivity contribution in [2.24, 2.45) is 16.6 Å². The van der Waals surface area contributed by atoms with Crippen LogP contribution in [0.1, 0.15) is 19.8 Å². The minimum atomic E-state index is 0. The van der Waals surface area contributed by atoms with Gasteiger partial charge in [-0.2, -0.15) is 11.8 Å². The molecule has 0 aromatic carbocycles. The van der Waals surface area contributed by atoms with Crippen molar-refractivity contribution in [3.63, 3.8) is 0 Å². The number of aliphatic imine (C=N–C) groups is 1. The van der Waals surface area contributed by atoms with E-state index in [1.165, 1.54) is 37.4 Å². The molecule has 0 bridgehead atoms. The van der Waals surface area contributed by atoms with Gasteiger partial charge in [0.1, 0.15) is 0 Å². The number of hydrogen-bond acceptors (Lipinski definition) is 3. The zero-order valence-electron chi connectivity index (χ0n) is 11.9. The Bertz CT molecular complexity index is 274. The summed E-state index contributed by atoms with van der Waals surface area (Å²) in [6.07, 6.45) is 2.67. The zero-order chi connectivity index (χ0) is 12.8. The third-order valence-electron chi connectivity index (χ3n) is 3.90. The molecular weight excluding hydrogens is 371 g/mol. The summed E-state index contributed by atoms with van der Waals surface area (Å²) in [7, 11) is 0. The quantitative estimate of drug-likeness (QED) is 0.447. The van der Waals surface area contributed by atoms with Crippen LogP contribution in [0.15, 0.2) is 4.99 Å². The first-order valence-electron chi connectivity index (χ1n) is 7.10. The van der Waals surface area contributed by atoms with Crippen molar-refractivity contribution in [3.8, 4) is 0 Å². The molecule has 19 heavy (non-hydrogen) atoms. The molecule has 0 atom stereocenters. The molecule has 0 unspecified atom stereocenters. The maximum atomic E-state index is 6.03. The maximum Gasteiger partial charge on any atom is 0.191 e. The largest absolute Gasteiger partial charge is 0.370 e. The molecule has 2 N–H and O–H groups in total. The second kappa shape index (κ2) is 9.28. The van der Waals surface area contributed by atoms with Gasteiger partial charge in [0.15, 0.2) is 5.96 Å². The van der Waals surface area contributed by atoms with E-state index in [9.17, 15) is 0 Å².